The molecule has 0 N–H and O–H groups in total. The van der Waals surface area contributed by atoms with Crippen molar-refractivity contribution in [2.75, 3.05) is 16.8 Å². The molecule has 0 atom stereocenters. The van der Waals surface area contributed by atoms with Gasteiger partial charge in [0.25, 0.3) is 0 Å². The van der Waals surface area contributed by atoms with Crippen molar-refractivity contribution < 1.29 is 0 Å². The summed E-state index contributed by atoms with van der Waals surface area (Å²) in [6.07, 6.45) is 6.88. The quantitative estimate of drug-likeness (QED) is 0.454. The first-order valence-electron chi connectivity index (χ1n) is 4.55. The minimum absolute atomic E-state index is 1.17. The van der Waals surface area contributed by atoms with E-state index in [0.29, 0.717) is 0 Å². The van der Waals surface area contributed by atoms with Crippen LogP contribution < -0.4 is 0 Å². The number of alkyl halides is 1. The third-order valence-electron chi connectivity index (χ3n) is 1.56. The minimum Gasteiger partial charge on any atom is -0.162 e. The summed E-state index contributed by atoms with van der Waals surface area (Å²) in [5, 5.41) is 1.17. The molecule has 11 heavy (non-hydrogen) atoms. The van der Waals surface area contributed by atoms with E-state index in [9.17, 15) is 0 Å². The fourth-order valence-corrected chi connectivity index (χ4v) is 2.27. The van der Waals surface area contributed by atoms with Crippen molar-refractivity contribution in [1.82, 2.24) is 0 Å². The van der Waals surface area contributed by atoms with E-state index >= 15 is 0 Å². The Morgan fingerprint density at radius 2 is 1.64 bits per heavy atom. The molecule has 0 aromatic heterocycles. The maximum Gasteiger partial charge on any atom is 0.00315 e. The van der Waals surface area contributed by atoms with Gasteiger partial charge in [-0.15, -0.1) is 0 Å². The van der Waals surface area contributed by atoms with Gasteiger partial charge in [-0.25, -0.2) is 0 Å². The fraction of sp³-hybridized carbons (Fsp3) is 1.00. The number of thioether (sulfide) groups is 1. The SMILES string of the molecule is CCCCCSCCCCBr. The van der Waals surface area contributed by atoms with Crippen LogP contribution in [0.15, 0.2) is 0 Å². The fourth-order valence-electron chi connectivity index (χ4n) is 0.855. The van der Waals surface area contributed by atoms with Gasteiger partial charge in [-0.3, -0.25) is 0 Å². The highest BCUT2D eigenvalue weighted by molar-refractivity contribution is 9.09. The van der Waals surface area contributed by atoms with Gasteiger partial charge >= 0.3 is 0 Å². The lowest BCUT2D eigenvalue weighted by Gasteiger charge is -1.98. The molecule has 0 aromatic carbocycles. The number of unbranched alkanes of at least 4 members (excludes halogenated alkanes) is 3. The summed E-state index contributed by atoms with van der Waals surface area (Å²) in [6.45, 7) is 2.26. The summed E-state index contributed by atoms with van der Waals surface area (Å²) in [5.41, 5.74) is 0. The predicted molar refractivity (Wildman–Crippen MR) is 59.9 cm³/mol. The zero-order chi connectivity index (χ0) is 8.36. The van der Waals surface area contributed by atoms with Gasteiger partial charge in [0.2, 0.25) is 0 Å². The summed E-state index contributed by atoms with van der Waals surface area (Å²) in [7, 11) is 0. The summed E-state index contributed by atoms with van der Waals surface area (Å²) >= 11 is 5.55. The van der Waals surface area contributed by atoms with E-state index in [1.54, 1.807) is 0 Å². The van der Waals surface area contributed by atoms with Crippen LogP contribution in [0.5, 0.6) is 0 Å². The van der Waals surface area contributed by atoms with Crippen molar-refractivity contribution in [3.05, 3.63) is 0 Å². The van der Waals surface area contributed by atoms with Crippen LogP contribution in [0.25, 0.3) is 0 Å². The molecule has 0 rings (SSSR count). The van der Waals surface area contributed by atoms with E-state index in [0.717, 1.165) is 0 Å². The standard InChI is InChI=1S/C9H19BrS/c1-2-3-5-8-11-9-6-4-7-10/h2-9H2,1H3. The van der Waals surface area contributed by atoms with Crippen LogP contribution >= 0.6 is 27.7 Å². The van der Waals surface area contributed by atoms with Gasteiger partial charge in [-0.1, -0.05) is 35.7 Å². The third-order valence-corrected chi connectivity index (χ3v) is 3.28. The molecule has 0 heterocycles. The Bertz CT molecular complexity index is 58.6. The maximum atomic E-state index is 3.43. The first-order chi connectivity index (χ1) is 5.41. The molecule has 0 nitrogen and oxygen atoms in total. The second kappa shape index (κ2) is 10.8. The van der Waals surface area contributed by atoms with Crippen LogP contribution in [0.1, 0.15) is 39.0 Å². The summed E-state index contributed by atoms with van der Waals surface area (Å²) in [6, 6.07) is 0. The van der Waals surface area contributed by atoms with Crippen molar-refractivity contribution in [2.24, 2.45) is 0 Å². The van der Waals surface area contributed by atoms with Crippen LogP contribution in [0, 0.1) is 0 Å². The molecular formula is C9H19BrS. The van der Waals surface area contributed by atoms with Gasteiger partial charge in [0.1, 0.15) is 0 Å². The van der Waals surface area contributed by atoms with Gasteiger partial charge in [0.15, 0.2) is 0 Å². The molecule has 0 saturated carbocycles. The van der Waals surface area contributed by atoms with Crippen molar-refractivity contribution in [2.45, 2.75) is 39.0 Å². The third kappa shape index (κ3) is 10.8. The van der Waals surface area contributed by atoms with E-state index in [1.165, 1.54) is 48.9 Å². The first kappa shape index (κ1) is 11.8. The molecule has 0 spiro atoms. The molecule has 0 aliphatic carbocycles. The Kier molecular flexibility index (Phi) is 11.6. The zero-order valence-corrected chi connectivity index (χ0v) is 9.85. The van der Waals surface area contributed by atoms with Crippen LogP contribution in [0.2, 0.25) is 0 Å². The van der Waals surface area contributed by atoms with Gasteiger partial charge in [0.05, 0.1) is 0 Å². The highest BCUT2D eigenvalue weighted by Gasteiger charge is 1.89. The number of halogens is 1. The van der Waals surface area contributed by atoms with Crippen molar-refractivity contribution in [3.63, 3.8) is 0 Å². The van der Waals surface area contributed by atoms with E-state index in [1.807, 2.05) is 0 Å². The monoisotopic (exact) mass is 238 g/mol. The second-order valence-electron chi connectivity index (χ2n) is 2.72. The Labute approximate surface area is 83.6 Å². The van der Waals surface area contributed by atoms with Crippen molar-refractivity contribution in [1.29, 1.82) is 0 Å². The molecular weight excluding hydrogens is 220 g/mol. The Morgan fingerprint density at radius 1 is 1.00 bits per heavy atom. The molecule has 0 aliphatic rings. The summed E-state index contributed by atoms with van der Waals surface area (Å²) in [4.78, 5) is 0. The number of rotatable bonds is 8. The topological polar surface area (TPSA) is 0 Å². The number of hydrogen-bond acceptors (Lipinski definition) is 1. The molecule has 0 amide bonds. The molecule has 0 radical (unpaired) electrons. The predicted octanol–water partition coefficient (Wildman–Crippen LogP) is 4.08. The highest BCUT2D eigenvalue weighted by atomic mass is 79.9. The molecule has 0 bridgehead atoms. The molecule has 0 aromatic rings. The summed E-state index contributed by atoms with van der Waals surface area (Å²) in [5.74, 6) is 2.73. The van der Waals surface area contributed by atoms with Gasteiger partial charge < -0.3 is 0 Å². The van der Waals surface area contributed by atoms with Crippen LogP contribution in [-0.2, 0) is 0 Å². The van der Waals surface area contributed by atoms with Crippen LogP contribution in [-0.4, -0.2) is 16.8 Å². The van der Waals surface area contributed by atoms with Crippen molar-refractivity contribution in [3.8, 4) is 0 Å². The molecule has 0 saturated heterocycles. The summed E-state index contributed by atoms with van der Waals surface area (Å²) < 4.78 is 0. The van der Waals surface area contributed by atoms with Gasteiger partial charge in [-0.2, -0.15) is 11.8 Å². The molecule has 68 valence electrons. The lowest BCUT2D eigenvalue weighted by molar-refractivity contribution is 0.777. The second-order valence-corrected chi connectivity index (χ2v) is 4.73. The molecule has 0 fully saturated rings. The lowest BCUT2D eigenvalue weighted by atomic mass is 10.3. The Balaban J connectivity index is 2.69. The van der Waals surface area contributed by atoms with Crippen LogP contribution in [0.4, 0.5) is 0 Å². The Morgan fingerprint density at radius 3 is 2.18 bits per heavy atom. The zero-order valence-electron chi connectivity index (χ0n) is 7.44. The first-order valence-corrected chi connectivity index (χ1v) is 6.83. The van der Waals surface area contributed by atoms with Crippen LogP contribution in [0.3, 0.4) is 0 Å². The van der Waals surface area contributed by atoms with E-state index in [-0.39, 0.29) is 0 Å². The molecule has 0 unspecified atom stereocenters. The molecule has 2 heteroatoms. The van der Waals surface area contributed by atoms with E-state index < -0.39 is 0 Å². The normalized spacial score (nSPS) is 10.4. The average Bonchev–Trinajstić information content (AvgIpc) is 2.03. The number of hydrogen-bond donors (Lipinski definition) is 0. The van der Waals surface area contributed by atoms with E-state index in [2.05, 4.69) is 34.6 Å². The van der Waals surface area contributed by atoms with Gasteiger partial charge in [-0.05, 0) is 30.8 Å². The van der Waals surface area contributed by atoms with E-state index in [4.69, 9.17) is 0 Å². The Hall–Kier alpha value is 0.830. The minimum atomic E-state index is 1.17. The average molecular weight is 239 g/mol. The smallest absolute Gasteiger partial charge is 0.00315 e. The lowest BCUT2D eigenvalue weighted by Crippen LogP contribution is -1.84. The highest BCUT2D eigenvalue weighted by Crippen LogP contribution is 2.09. The van der Waals surface area contributed by atoms with Crippen molar-refractivity contribution >= 4 is 27.7 Å². The maximum absolute atomic E-state index is 3.43. The van der Waals surface area contributed by atoms with Gasteiger partial charge in [0, 0.05) is 5.33 Å². The largest absolute Gasteiger partial charge is 0.162 e. The molecule has 0 aliphatic heterocycles.